The van der Waals surface area contributed by atoms with Gasteiger partial charge in [0, 0.05) is 19.2 Å². The molecule has 0 heterocycles. The van der Waals surface area contributed by atoms with Gasteiger partial charge < -0.3 is 9.64 Å². The molecule has 3 heteroatoms. The van der Waals surface area contributed by atoms with Gasteiger partial charge in [-0.1, -0.05) is 24.8 Å². The van der Waals surface area contributed by atoms with Gasteiger partial charge in [-0.25, -0.2) is 0 Å². The zero-order valence-electron chi connectivity index (χ0n) is 9.06. The molecule has 0 N–H and O–H groups in total. The quantitative estimate of drug-likeness (QED) is 0.702. The largest absolute Gasteiger partial charge is 0.496 e. The van der Waals surface area contributed by atoms with Crippen molar-refractivity contribution < 1.29 is 9.53 Å². The minimum absolute atomic E-state index is 0.0964. The molecule has 0 unspecified atom stereocenters. The predicted molar refractivity (Wildman–Crippen MR) is 59.7 cm³/mol. The average molecular weight is 205 g/mol. The lowest BCUT2D eigenvalue weighted by Crippen LogP contribution is -2.24. The summed E-state index contributed by atoms with van der Waals surface area (Å²) in [5.41, 5.74) is 0.984. The Bertz CT molecular complexity index is 360. The summed E-state index contributed by atoms with van der Waals surface area (Å²) in [5, 5.41) is 0. The normalized spacial score (nSPS) is 9.47. The second-order valence-electron chi connectivity index (χ2n) is 3.21. The van der Waals surface area contributed by atoms with Crippen LogP contribution in [0.4, 0.5) is 0 Å². The fraction of sp³-hybridized carbons (Fsp3) is 0.250. The Kier molecular flexibility index (Phi) is 3.92. The number of ether oxygens (including phenoxy) is 1. The van der Waals surface area contributed by atoms with E-state index in [2.05, 4.69) is 6.58 Å². The smallest absolute Gasteiger partial charge is 0.245 e. The summed E-state index contributed by atoms with van der Waals surface area (Å²) in [6.45, 7) is 3.97. The van der Waals surface area contributed by atoms with Crippen LogP contribution in [0.1, 0.15) is 5.56 Å². The summed E-state index contributed by atoms with van der Waals surface area (Å²) in [4.78, 5) is 12.9. The molecule has 80 valence electrons. The van der Waals surface area contributed by atoms with Crippen LogP contribution in [0.15, 0.2) is 36.9 Å². The lowest BCUT2D eigenvalue weighted by molar-refractivity contribution is -0.125. The monoisotopic (exact) mass is 205 g/mol. The van der Waals surface area contributed by atoms with Crippen LogP contribution in [0.3, 0.4) is 0 Å². The topological polar surface area (TPSA) is 29.5 Å². The summed E-state index contributed by atoms with van der Waals surface area (Å²) in [6, 6.07) is 7.63. The standard InChI is InChI=1S/C12H15NO2/c1-4-12(14)13(2)9-10-7-5-6-8-11(10)15-3/h4-8H,1,9H2,2-3H3. The number of amides is 1. The highest BCUT2D eigenvalue weighted by molar-refractivity contribution is 5.86. The van der Waals surface area contributed by atoms with Gasteiger partial charge in [0.2, 0.25) is 5.91 Å². The first-order valence-corrected chi connectivity index (χ1v) is 4.68. The van der Waals surface area contributed by atoms with Gasteiger partial charge >= 0.3 is 0 Å². The zero-order valence-corrected chi connectivity index (χ0v) is 9.06. The second-order valence-corrected chi connectivity index (χ2v) is 3.21. The molecule has 15 heavy (non-hydrogen) atoms. The molecule has 1 aromatic carbocycles. The maximum Gasteiger partial charge on any atom is 0.245 e. The van der Waals surface area contributed by atoms with E-state index in [1.165, 1.54) is 6.08 Å². The number of carbonyl (C=O) groups excluding carboxylic acids is 1. The highest BCUT2D eigenvalue weighted by atomic mass is 16.5. The molecule has 0 radical (unpaired) electrons. The molecule has 1 amide bonds. The second kappa shape index (κ2) is 5.20. The summed E-state index contributed by atoms with van der Waals surface area (Å²) >= 11 is 0. The molecule has 1 rings (SSSR count). The van der Waals surface area contributed by atoms with Crippen LogP contribution in [-0.4, -0.2) is 25.0 Å². The predicted octanol–water partition coefficient (Wildman–Crippen LogP) is 1.84. The molecule has 0 bridgehead atoms. The van der Waals surface area contributed by atoms with Crippen LogP contribution in [0.5, 0.6) is 5.75 Å². The summed E-state index contributed by atoms with van der Waals surface area (Å²) in [6.07, 6.45) is 1.30. The Hall–Kier alpha value is -1.77. The van der Waals surface area contributed by atoms with Crippen LogP contribution in [0.2, 0.25) is 0 Å². The van der Waals surface area contributed by atoms with Crippen molar-refractivity contribution in [3.63, 3.8) is 0 Å². The van der Waals surface area contributed by atoms with Gasteiger partial charge in [0.05, 0.1) is 7.11 Å². The lowest BCUT2D eigenvalue weighted by atomic mass is 10.2. The lowest BCUT2D eigenvalue weighted by Gasteiger charge is -2.16. The van der Waals surface area contributed by atoms with E-state index in [-0.39, 0.29) is 5.91 Å². The number of nitrogens with zero attached hydrogens (tertiary/aromatic N) is 1. The van der Waals surface area contributed by atoms with Gasteiger partial charge in [0.25, 0.3) is 0 Å². The molecule has 0 aliphatic rings. The Labute approximate surface area is 90.0 Å². The van der Waals surface area contributed by atoms with Crippen LogP contribution in [-0.2, 0) is 11.3 Å². The zero-order chi connectivity index (χ0) is 11.3. The van der Waals surface area contributed by atoms with Crippen molar-refractivity contribution in [2.45, 2.75) is 6.54 Å². The van der Waals surface area contributed by atoms with Crippen molar-refractivity contribution >= 4 is 5.91 Å². The first-order valence-electron chi connectivity index (χ1n) is 4.68. The van der Waals surface area contributed by atoms with E-state index in [9.17, 15) is 4.79 Å². The van der Waals surface area contributed by atoms with E-state index >= 15 is 0 Å². The van der Waals surface area contributed by atoms with Gasteiger partial charge in [0.1, 0.15) is 5.75 Å². The van der Waals surface area contributed by atoms with E-state index in [1.54, 1.807) is 19.1 Å². The van der Waals surface area contributed by atoms with Crippen LogP contribution in [0.25, 0.3) is 0 Å². The van der Waals surface area contributed by atoms with Crippen LogP contribution >= 0.6 is 0 Å². The van der Waals surface area contributed by atoms with Gasteiger partial charge in [-0.05, 0) is 12.1 Å². The molecule has 0 saturated carbocycles. The maximum atomic E-state index is 11.3. The minimum atomic E-state index is -0.0964. The fourth-order valence-electron chi connectivity index (χ4n) is 1.32. The van der Waals surface area contributed by atoms with Gasteiger partial charge in [-0.15, -0.1) is 0 Å². The van der Waals surface area contributed by atoms with Crippen molar-refractivity contribution in [2.24, 2.45) is 0 Å². The van der Waals surface area contributed by atoms with Crippen LogP contribution in [0, 0.1) is 0 Å². The Morgan fingerprint density at radius 2 is 2.20 bits per heavy atom. The Morgan fingerprint density at radius 1 is 1.53 bits per heavy atom. The number of likely N-dealkylation sites (N-methyl/N-ethyl adjacent to an activating group) is 1. The molecule has 0 saturated heterocycles. The van der Waals surface area contributed by atoms with Gasteiger partial charge in [-0.3, -0.25) is 4.79 Å². The third-order valence-electron chi connectivity index (χ3n) is 2.15. The molecule has 1 aromatic rings. The highest BCUT2D eigenvalue weighted by Gasteiger charge is 2.08. The average Bonchev–Trinajstić information content (AvgIpc) is 2.28. The van der Waals surface area contributed by atoms with E-state index in [4.69, 9.17) is 4.74 Å². The van der Waals surface area contributed by atoms with Gasteiger partial charge in [0.15, 0.2) is 0 Å². The molecular weight excluding hydrogens is 190 g/mol. The van der Waals surface area contributed by atoms with E-state index < -0.39 is 0 Å². The fourth-order valence-corrected chi connectivity index (χ4v) is 1.32. The SMILES string of the molecule is C=CC(=O)N(C)Cc1ccccc1OC. The van der Waals surface area contributed by atoms with Crippen molar-refractivity contribution in [2.75, 3.05) is 14.2 Å². The van der Waals surface area contributed by atoms with Crippen molar-refractivity contribution in [1.29, 1.82) is 0 Å². The molecule has 0 fully saturated rings. The first kappa shape index (κ1) is 11.3. The molecule has 0 spiro atoms. The first-order chi connectivity index (χ1) is 7.19. The Balaban J connectivity index is 2.79. The number of methoxy groups -OCH3 is 1. The van der Waals surface area contributed by atoms with E-state index in [1.807, 2.05) is 24.3 Å². The molecule has 3 nitrogen and oxygen atoms in total. The third-order valence-corrected chi connectivity index (χ3v) is 2.15. The van der Waals surface area contributed by atoms with E-state index in [0.717, 1.165) is 11.3 Å². The summed E-state index contributed by atoms with van der Waals surface area (Å²) in [5.74, 6) is 0.696. The summed E-state index contributed by atoms with van der Waals surface area (Å²) < 4.78 is 5.20. The number of rotatable bonds is 4. The summed E-state index contributed by atoms with van der Waals surface area (Å²) in [7, 11) is 3.35. The van der Waals surface area contributed by atoms with Crippen molar-refractivity contribution in [3.05, 3.63) is 42.5 Å². The molecule has 0 aliphatic heterocycles. The minimum Gasteiger partial charge on any atom is -0.496 e. The molecule has 0 aliphatic carbocycles. The van der Waals surface area contributed by atoms with Crippen molar-refractivity contribution in [3.8, 4) is 5.75 Å². The molecule has 0 atom stereocenters. The molecule has 0 aromatic heterocycles. The highest BCUT2D eigenvalue weighted by Crippen LogP contribution is 2.18. The van der Waals surface area contributed by atoms with E-state index in [0.29, 0.717) is 6.54 Å². The number of hydrogen-bond acceptors (Lipinski definition) is 2. The third kappa shape index (κ3) is 2.84. The number of para-hydroxylation sites is 1. The van der Waals surface area contributed by atoms with Crippen molar-refractivity contribution in [1.82, 2.24) is 4.90 Å². The number of carbonyl (C=O) groups is 1. The number of benzene rings is 1. The van der Waals surface area contributed by atoms with Gasteiger partial charge in [-0.2, -0.15) is 0 Å². The van der Waals surface area contributed by atoms with Crippen LogP contribution < -0.4 is 4.74 Å². The number of hydrogen-bond donors (Lipinski definition) is 0. The Morgan fingerprint density at radius 3 is 2.80 bits per heavy atom. The molecular formula is C12H15NO2. The maximum absolute atomic E-state index is 11.3.